The first kappa shape index (κ1) is 11.0. The van der Waals surface area contributed by atoms with Crippen molar-refractivity contribution in [2.75, 3.05) is 6.61 Å². The zero-order chi connectivity index (χ0) is 10.8. The summed E-state index contributed by atoms with van der Waals surface area (Å²) in [5.74, 6) is -1.56. The monoisotopic (exact) mass is 200 g/mol. The van der Waals surface area contributed by atoms with E-state index in [0.717, 1.165) is 12.8 Å². The zero-order valence-corrected chi connectivity index (χ0v) is 8.58. The number of carbonyl (C=O) groups is 2. The van der Waals surface area contributed by atoms with E-state index in [4.69, 9.17) is 9.84 Å². The van der Waals surface area contributed by atoms with Crippen LogP contribution in [0.5, 0.6) is 0 Å². The van der Waals surface area contributed by atoms with Crippen LogP contribution in [0.25, 0.3) is 0 Å². The molecule has 0 spiro atoms. The van der Waals surface area contributed by atoms with Crippen LogP contribution in [0.15, 0.2) is 0 Å². The third-order valence-electron chi connectivity index (χ3n) is 2.98. The van der Waals surface area contributed by atoms with E-state index < -0.39 is 11.9 Å². The fraction of sp³-hybridized carbons (Fsp3) is 0.800. The number of carboxylic acids is 1. The molecule has 1 fully saturated rings. The quantitative estimate of drug-likeness (QED) is 0.682. The second kappa shape index (κ2) is 3.98. The first-order chi connectivity index (χ1) is 6.52. The SMILES string of the molecule is CCOC(=O)CC1(C(C)C(=O)O)CC1. The van der Waals surface area contributed by atoms with Gasteiger partial charge in [-0.05, 0) is 25.2 Å². The molecule has 1 rings (SSSR count). The van der Waals surface area contributed by atoms with Crippen LogP contribution in [0.1, 0.15) is 33.1 Å². The first-order valence-electron chi connectivity index (χ1n) is 4.90. The summed E-state index contributed by atoms with van der Waals surface area (Å²) in [4.78, 5) is 22.0. The van der Waals surface area contributed by atoms with Gasteiger partial charge in [-0.2, -0.15) is 0 Å². The van der Waals surface area contributed by atoms with E-state index >= 15 is 0 Å². The predicted octanol–water partition coefficient (Wildman–Crippen LogP) is 1.44. The number of esters is 1. The van der Waals surface area contributed by atoms with Crippen molar-refractivity contribution in [3.05, 3.63) is 0 Å². The van der Waals surface area contributed by atoms with Crippen LogP contribution in [-0.4, -0.2) is 23.7 Å². The molecule has 80 valence electrons. The number of hydrogen-bond acceptors (Lipinski definition) is 3. The number of aliphatic carboxylic acids is 1. The van der Waals surface area contributed by atoms with Gasteiger partial charge in [0.25, 0.3) is 0 Å². The van der Waals surface area contributed by atoms with E-state index in [0.29, 0.717) is 6.61 Å². The zero-order valence-electron chi connectivity index (χ0n) is 8.58. The molecule has 1 aliphatic carbocycles. The van der Waals surface area contributed by atoms with E-state index in [-0.39, 0.29) is 17.8 Å². The molecule has 1 saturated carbocycles. The van der Waals surface area contributed by atoms with Crippen LogP contribution in [0, 0.1) is 11.3 Å². The minimum atomic E-state index is -0.827. The largest absolute Gasteiger partial charge is 0.481 e. The van der Waals surface area contributed by atoms with Gasteiger partial charge in [0, 0.05) is 0 Å². The van der Waals surface area contributed by atoms with Gasteiger partial charge >= 0.3 is 11.9 Å². The van der Waals surface area contributed by atoms with Gasteiger partial charge in [-0.1, -0.05) is 6.92 Å². The lowest BCUT2D eigenvalue weighted by Crippen LogP contribution is -2.25. The minimum absolute atomic E-state index is 0.244. The van der Waals surface area contributed by atoms with Gasteiger partial charge < -0.3 is 9.84 Å². The maximum absolute atomic E-state index is 11.2. The Bertz CT molecular complexity index is 243. The molecule has 4 heteroatoms. The van der Waals surface area contributed by atoms with E-state index in [1.807, 2.05) is 0 Å². The highest BCUT2D eigenvalue weighted by Crippen LogP contribution is 2.55. The summed E-state index contributed by atoms with van der Waals surface area (Å²) in [7, 11) is 0. The fourth-order valence-electron chi connectivity index (χ4n) is 1.68. The molecule has 1 N–H and O–H groups in total. The standard InChI is InChI=1S/C10H16O4/c1-3-14-8(11)6-10(4-5-10)7(2)9(12)13/h7H,3-6H2,1-2H3,(H,12,13). The normalized spacial score (nSPS) is 19.9. The average Bonchev–Trinajstić information content (AvgIpc) is 2.84. The highest BCUT2D eigenvalue weighted by Gasteiger charge is 2.51. The molecular weight excluding hydrogens is 184 g/mol. The smallest absolute Gasteiger partial charge is 0.306 e. The third kappa shape index (κ3) is 2.25. The highest BCUT2D eigenvalue weighted by atomic mass is 16.5. The van der Waals surface area contributed by atoms with Crippen LogP contribution in [-0.2, 0) is 14.3 Å². The van der Waals surface area contributed by atoms with Gasteiger partial charge in [0.15, 0.2) is 0 Å². The molecule has 0 aliphatic heterocycles. The second-order valence-electron chi connectivity index (χ2n) is 3.90. The summed E-state index contributed by atoms with van der Waals surface area (Å²) in [6, 6.07) is 0. The topological polar surface area (TPSA) is 63.6 Å². The fourth-order valence-corrected chi connectivity index (χ4v) is 1.68. The lowest BCUT2D eigenvalue weighted by Gasteiger charge is -2.18. The van der Waals surface area contributed by atoms with Gasteiger partial charge in [-0.15, -0.1) is 0 Å². The number of ether oxygens (including phenoxy) is 1. The van der Waals surface area contributed by atoms with Gasteiger partial charge in [-0.3, -0.25) is 9.59 Å². The highest BCUT2D eigenvalue weighted by molar-refractivity contribution is 5.75. The van der Waals surface area contributed by atoms with Gasteiger partial charge in [-0.25, -0.2) is 0 Å². The Morgan fingerprint density at radius 1 is 1.50 bits per heavy atom. The molecule has 0 bridgehead atoms. The summed E-state index contributed by atoms with van der Waals surface area (Å²) >= 11 is 0. The maximum atomic E-state index is 11.2. The van der Waals surface area contributed by atoms with Crippen molar-refractivity contribution in [2.24, 2.45) is 11.3 Å². The third-order valence-corrected chi connectivity index (χ3v) is 2.98. The van der Waals surface area contributed by atoms with E-state index in [9.17, 15) is 9.59 Å². The molecule has 0 aromatic carbocycles. The molecule has 0 saturated heterocycles. The molecular formula is C10H16O4. The predicted molar refractivity (Wildman–Crippen MR) is 49.7 cm³/mol. The van der Waals surface area contributed by atoms with Crippen molar-refractivity contribution in [3.8, 4) is 0 Å². The first-order valence-corrected chi connectivity index (χ1v) is 4.90. The van der Waals surface area contributed by atoms with E-state index in [1.54, 1.807) is 13.8 Å². The maximum Gasteiger partial charge on any atom is 0.306 e. The molecule has 0 heterocycles. The van der Waals surface area contributed by atoms with Gasteiger partial charge in [0.2, 0.25) is 0 Å². The Kier molecular flexibility index (Phi) is 3.13. The lowest BCUT2D eigenvalue weighted by molar-refractivity contribution is -0.148. The second-order valence-corrected chi connectivity index (χ2v) is 3.90. The van der Waals surface area contributed by atoms with Crippen LogP contribution in [0.2, 0.25) is 0 Å². The summed E-state index contributed by atoms with van der Waals surface area (Å²) in [6.45, 7) is 3.77. The van der Waals surface area contributed by atoms with Crippen molar-refractivity contribution in [1.29, 1.82) is 0 Å². The summed E-state index contributed by atoms with van der Waals surface area (Å²) in [6.07, 6.45) is 1.88. The van der Waals surface area contributed by atoms with Crippen molar-refractivity contribution < 1.29 is 19.4 Å². The lowest BCUT2D eigenvalue weighted by atomic mass is 9.87. The van der Waals surface area contributed by atoms with Crippen molar-refractivity contribution in [2.45, 2.75) is 33.1 Å². The molecule has 1 atom stereocenters. The van der Waals surface area contributed by atoms with Crippen LogP contribution in [0.4, 0.5) is 0 Å². The molecule has 14 heavy (non-hydrogen) atoms. The molecule has 4 nitrogen and oxygen atoms in total. The molecule has 0 radical (unpaired) electrons. The minimum Gasteiger partial charge on any atom is -0.481 e. The Labute approximate surface area is 83.2 Å². The Balaban J connectivity index is 2.50. The van der Waals surface area contributed by atoms with Crippen molar-refractivity contribution >= 4 is 11.9 Å². The summed E-state index contributed by atoms with van der Waals surface area (Å²) < 4.78 is 4.82. The number of hydrogen-bond donors (Lipinski definition) is 1. The summed E-state index contributed by atoms with van der Waals surface area (Å²) in [5.41, 5.74) is -0.321. The van der Waals surface area contributed by atoms with E-state index in [1.165, 1.54) is 0 Å². The molecule has 1 aliphatic rings. The van der Waals surface area contributed by atoms with Gasteiger partial charge in [0.05, 0.1) is 18.9 Å². The summed E-state index contributed by atoms with van der Waals surface area (Å²) in [5, 5.41) is 8.85. The average molecular weight is 200 g/mol. The van der Waals surface area contributed by atoms with Crippen LogP contribution < -0.4 is 0 Å². The van der Waals surface area contributed by atoms with Crippen molar-refractivity contribution in [1.82, 2.24) is 0 Å². The molecule has 0 amide bonds. The number of rotatable bonds is 5. The Morgan fingerprint density at radius 3 is 2.43 bits per heavy atom. The van der Waals surface area contributed by atoms with Crippen LogP contribution >= 0.6 is 0 Å². The van der Waals surface area contributed by atoms with E-state index in [2.05, 4.69) is 0 Å². The molecule has 1 unspecified atom stereocenters. The Hall–Kier alpha value is -1.06. The Morgan fingerprint density at radius 2 is 2.07 bits per heavy atom. The molecule has 0 aromatic rings. The van der Waals surface area contributed by atoms with Gasteiger partial charge in [0.1, 0.15) is 0 Å². The van der Waals surface area contributed by atoms with Crippen molar-refractivity contribution in [3.63, 3.8) is 0 Å². The number of carboxylic acid groups (broad SMARTS) is 1. The van der Waals surface area contributed by atoms with Crippen LogP contribution in [0.3, 0.4) is 0 Å². The molecule has 0 aromatic heterocycles. The number of carbonyl (C=O) groups excluding carboxylic acids is 1.